The van der Waals surface area contributed by atoms with Gasteiger partial charge in [-0.05, 0) is 5.56 Å². The van der Waals surface area contributed by atoms with Crippen LogP contribution in [0.4, 0.5) is 0 Å². The minimum absolute atomic E-state index is 0.253. The first-order valence-corrected chi connectivity index (χ1v) is 5.03. The molecule has 0 bridgehead atoms. The van der Waals surface area contributed by atoms with Gasteiger partial charge in [0.05, 0.1) is 13.7 Å². The lowest BCUT2D eigenvalue weighted by molar-refractivity contribution is -0.156. The van der Waals surface area contributed by atoms with Crippen molar-refractivity contribution in [2.45, 2.75) is 11.8 Å². The maximum atomic E-state index is 11.8. The van der Waals surface area contributed by atoms with Gasteiger partial charge < -0.3 is 9.47 Å². The Balaban J connectivity index is 2.51. The number of carbonyl (C=O) groups excluding carboxylic acids is 2. The highest BCUT2D eigenvalue weighted by Crippen LogP contribution is 2.35. The predicted molar refractivity (Wildman–Crippen MR) is 55.7 cm³/mol. The van der Waals surface area contributed by atoms with Crippen molar-refractivity contribution in [3.05, 3.63) is 35.9 Å². The molecule has 0 spiro atoms. The average molecular weight is 220 g/mol. The Bertz CT molecular complexity index is 412. The zero-order valence-corrected chi connectivity index (χ0v) is 8.93. The highest BCUT2D eigenvalue weighted by molar-refractivity contribution is 6.07. The first kappa shape index (κ1) is 10.7. The standard InChI is InChI=1S/C12H12O4/c1-15-10(13)12(7-8-16-11(12)14)9-5-3-2-4-6-9/h2-6H,7-8H2,1H3. The highest BCUT2D eigenvalue weighted by Gasteiger charge is 2.53. The van der Waals surface area contributed by atoms with E-state index in [-0.39, 0.29) is 6.61 Å². The zero-order valence-electron chi connectivity index (χ0n) is 8.93. The molecule has 16 heavy (non-hydrogen) atoms. The van der Waals surface area contributed by atoms with Crippen molar-refractivity contribution in [3.63, 3.8) is 0 Å². The van der Waals surface area contributed by atoms with E-state index in [1.807, 2.05) is 6.07 Å². The first-order chi connectivity index (χ1) is 7.71. The van der Waals surface area contributed by atoms with Gasteiger partial charge in [-0.1, -0.05) is 30.3 Å². The van der Waals surface area contributed by atoms with Gasteiger partial charge in [-0.2, -0.15) is 0 Å². The highest BCUT2D eigenvalue weighted by atomic mass is 16.6. The summed E-state index contributed by atoms with van der Waals surface area (Å²) in [6.45, 7) is 0.253. The van der Waals surface area contributed by atoms with Crippen LogP contribution in [0.1, 0.15) is 12.0 Å². The van der Waals surface area contributed by atoms with E-state index in [0.29, 0.717) is 12.0 Å². The second kappa shape index (κ2) is 3.96. The van der Waals surface area contributed by atoms with E-state index in [1.165, 1.54) is 7.11 Å². The van der Waals surface area contributed by atoms with E-state index in [1.54, 1.807) is 24.3 Å². The summed E-state index contributed by atoms with van der Waals surface area (Å²) in [7, 11) is 1.28. The van der Waals surface area contributed by atoms with Crippen molar-refractivity contribution in [2.24, 2.45) is 0 Å². The van der Waals surface area contributed by atoms with Crippen molar-refractivity contribution >= 4 is 11.9 Å². The van der Waals surface area contributed by atoms with E-state index in [0.717, 1.165) is 0 Å². The van der Waals surface area contributed by atoms with Crippen molar-refractivity contribution in [2.75, 3.05) is 13.7 Å². The van der Waals surface area contributed by atoms with Crippen LogP contribution in [-0.2, 0) is 24.5 Å². The lowest BCUT2D eigenvalue weighted by Crippen LogP contribution is -2.41. The van der Waals surface area contributed by atoms with Crippen LogP contribution >= 0.6 is 0 Å². The molecule has 1 saturated heterocycles. The zero-order chi connectivity index (χ0) is 11.6. The summed E-state index contributed by atoms with van der Waals surface area (Å²) in [6.07, 6.45) is 0.336. The fourth-order valence-corrected chi connectivity index (χ4v) is 1.98. The normalized spacial score (nSPS) is 23.9. The lowest BCUT2D eigenvalue weighted by Gasteiger charge is -2.21. The Kier molecular flexibility index (Phi) is 2.64. The van der Waals surface area contributed by atoms with Gasteiger partial charge in [0.15, 0.2) is 5.41 Å². The van der Waals surface area contributed by atoms with E-state index >= 15 is 0 Å². The second-order valence-corrected chi connectivity index (χ2v) is 3.65. The van der Waals surface area contributed by atoms with Crippen LogP contribution in [0, 0.1) is 0 Å². The van der Waals surface area contributed by atoms with Crippen LogP contribution in [0.25, 0.3) is 0 Å². The summed E-state index contributed by atoms with van der Waals surface area (Å²) in [6, 6.07) is 8.87. The third-order valence-electron chi connectivity index (χ3n) is 2.86. The Morgan fingerprint density at radius 1 is 1.38 bits per heavy atom. The third kappa shape index (κ3) is 1.38. The number of benzene rings is 1. The number of esters is 2. The van der Waals surface area contributed by atoms with Crippen molar-refractivity contribution in [1.82, 2.24) is 0 Å². The van der Waals surface area contributed by atoms with Gasteiger partial charge in [0.1, 0.15) is 0 Å². The maximum absolute atomic E-state index is 11.8. The fraction of sp³-hybridized carbons (Fsp3) is 0.333. The Labute approximate surface area is 93.2 Å². The molecular formula is C12H12O4. The number of cyclic esters (lactones) is 1. The van der Waals surface area contributed by atoms with Gasteiger partial charge in [-0.25, -0.2) is 0 Å². The molecule has 0 amide bonds. The molecule has 1 aliphatic rings. The van der Waals surface area contributed by atoms with E-state index in [9.17, 15) is 9.59 Å². The Morgan fingerprint density at radius 2 is 2.06 bits per heavy atom. The van der Waals surface area contributed by atoms with Crippen LogP contribution < -0.4 is 0 Å². The minimum Gasteiger partial charge on any atom is -0.468 e. The summed E-state index contributed by atoms with van der Waals surface area (Å²) in [5.74, 6) is -1.08. The molecule has 1 unspecified atom stereocenters. The van der Waals surface area contributed by atoms with Gasteiger partial charge in [0, 0.05) is 6.42 Å². The van der Waals surface area contributed by atoms with Gasteiger partial charge >= 0.3 is 11.9 Å². The third-order valence-corrected chi connectivity index (χ3v) is 2.86. The molecule has 0 aliphatic carbocycles. The van der Waals surface area contributed by atoms with Gasteiger partial charge in [-0.15, -0.1) is 0 Å². The number of ether oxygens (including phenoxy) is 2. The largest absolute Gasteiger partial charge is 0.468 e. The molecule has 0 radical (unpaired) electrons. The lowest BCUT2D eigenvalue weighted by atomic mass is 9.79. The summed E-state index contributed by atoms with van der Waals surface area (Å²) < 4.78 is 9.63. The molecule has 84 valence electrons. The molecule has 0 saturated carbocycles. The quantitative estimate of drug-likeness (QED) is 0.552. The minimum atomic E-state index is -1.27. The molecule has 2 rings (SSSR count). The van der Waals surface area contributed by atoms with Gasteiger partial charge in [-0.3, -0.25) is 9.59 Å². The molecule has 1 aromatic rings. The smallest absolute Gasteiger partial charge is 0.328 e. The van der Waals surface area contributed by atoms with Crippen LogP contribution in [0.15, 0.2) is 30.3 Å². The van der Waals surface area contributed by atoms with Crippen molar-refractivity contribution < 1.29 is 19.1 Å². The van der Waals surface area contributed by atoms with Crippen LogP contribution in [0.3, 0.4) is 0 Å². The van der Waals surface area contributed by atoms with E-state index < -0.39 is 17.4 Å². The molecule has 1 atom stereocenters. The SMILES string of the molecule is COC(=O)C1(c2ccccc2)CCOC1=O. The molecule has 1 heterocycles. The number of methoxy groups -OCH3 is 1. The number of carbonyl (C=O) groups is 2. The summed E-state index contributed by atoms with van der Waals surface area (Å²) >= 11 is 0. The van der Waals surface area contributed by atoms with Crippen molar-refractivity contribution in [3.8, 4) is 0 Å². The summed E-state index contributed by atoms with van der Waals surface area (Å²) in [5, 5.41) is 0. The Morgan fingerprint density at radius 3 is 2.56 bits per heavy atom. The topological polar surface area (TPSA) is 52.6 Å². The van der Waals surface area contributed by atoms with Crippen LogP contribution in [0.5, 0.6) is 0 Å². The molecule has 4 nitrogen and oxygen atoms in total. The fourth-order valence-electron chi connectivity index (χ4n) is 1.98. The number of hydrogen-bond acceptors (Lipinski definition) is 4. The molecule has 1 aliphatic heterocycles. The number of hydrogen-bond donors (Lipinski definition) is 0. The summed E-state index contributed by atoms with van der Waals surface area (Å²) in [5.41, 5.74) is -0.639. The molecule has 1 fully saturated rings. The Hall–Kier alpha value is -1.84. The second-order valence-electron chi connectivity index (χ2n) is 3.65. The van der Waals surface area contributed by atoms with Crippen LogP contribution in [0.2, 0.25) is 0 Å². The average Bonchev–Trinajstić information content (AvgIpc) is 2.72. The van der Waals surface area contributed by atoms with Crippen molar-refractivity contribution in [1.29, 1.82) is 0 Å². The monoisotopic (exact) mass is 220 g/mol. The first-order valence-electron chi connectivity index (χ1n) is 5.03. The predicted octanol–water partition coefficient (Wildman–Crippen LogP) is 1.04. The number of rotatable bonds is 2. The van der Waals surface area contributed by atoms with E-state index in [2.05, 4.69) is 0 Å². The van der Waals surface area contributed by atoms with E-state index in [4.69, 9.17) is 9.47 Å². The molecule has 0 aromatic heterocycles. The molecule has 4 heteroatoms. The molecule has 1 aromatic carbocycles. The molecular weight excluding hydrogens is 208 g/mol. The molecule has 0 N–H and O–H groups in total. The maximum Gasteiger partial charge on any atom is 0.328 e. The van der Waals surface area contributed by atoms with Gasteiger partial charge in [0.25, 0.3) is 0 Å². The summed E-state index contributed by atoms with van der Waals surface area (Å²) in [4.78, 5) is 23.6. The van der Waals surface area contributed by atoms with Gasteiger partial charge in [0.2, 0.25) is 0 Å². The van der Waals surface area contributed by atoms with Crippen LogP contribution in [-0.4, -0.2) is 25.7 Å².